The molecule has 108 valence electrons. The molecule has 0 amide bonds. The second-order valence-electron chi connectivity index (χ2n) is 4.39. The second-order valence-corrected chi connectivity index (χ2v) is 6.10. The van der Waals surface area contributed by atoms with Crippen LogP contribution in [0.5, 0.6) is 0 Å². The van der Waals surface area contributed by atoms with E-state index in [1.165, 1.54) is 0 Å². The van der Waals surface area contributed by atoms with Gasteiger partial charge in [-0.15, -0.1) is 0 Å². The summed E-state index contributed by atoms with van der Waals surface area (Å²) >= 11 is 6.67. The molecule has 0 fully saturated rings. The number of aliphatic hydroxyl groups is 2. The number of rotatable bonds is 2. The highest BCUT2D eigenvalue weighted by atomic mass is 79.9. The van der Waals surface area contributed by atoms with Gasteiger partial charge in [0, 0.05) is 8.95 Å². The first-order valence-corrected chi connectivity index (χ1v) is 7.87. The molecule has 2 atom stereocenters. The fourth-order valence-corrected chi connectivity index (χ4v) is 2.86. The Labute approximate surface area is 136 Å². The number of aliphatic hydroxyl groups excluding tert-OH is 2. The van der Waals surface area contributed by atoms with Gasteiger partial charge in [-0.25, -0.2) is 0 Å². The van der Waals surface area contributed by atoms with Gasteiger partial charge in [-0.1, -0.05) is 68.3 Å². The molecule has 4 heteroatoms. The number of benzene rings is 2. The van der Waals surface area contributed by atoms with Crippen LogP contribution in [0.4, 0.5) is 0 Å². The molecule has 0 unspecified atom stereocenters. The van der Waals surface area contributed by atoms with Gasteiger partial charge in [0.05, 0.1) is 12.2 Å². The van der Waals surface area contributed by atoms with Crippen molar-refractivity contribution in [1.82, 2.24) is 0 Å². The third kappa shape index (κ3) is 5.37. The van der Waals surface area contributed by atoms with E-state index >= 15 is 0 Å². The number of halogens is 2. The van der Waals surface area contributed by atoms with Gasteiger partial charge in [0.1, 0.15) is 0 Å². The molecule has 0 aliphatic heterocycles. The maximum absolute atomic E-state index is 9.17. The van der Waals surface area contributed by atoms with Crippen molar-refractivity contribution in [2.24, 2.45) is 0 Å². The van der Waals surface area contributed by atoms with Crippen molar-refractivity contribution in [1.29, 1.82) is 0 Å². The van der Waals surface area contributed by atoms with E-state index < -0.39 is 12.2 Å². The van der Waals surface area contributed by atoms with Gasteiger partial charge in [-0.2, -0.15) is 0 Å². The maximum Gasteiger partial charge on any atom is 0.0772 e. The lowest BCUT2D eigenvalue weighted by molar-refractivity contribution is 0.198. The van der Waals surface area contributed by atoms with Crippen LogP contribution in [0.1, 0.15) is 37.2 Å². The maximum atomic E-state index is 9.17. The SMILES string of the molecule is C[C@@H](O)c1ccccc1Br.C[C@@H](O)c1ccccc1Br. The van der Waals surface area contributed by atoms with E-state index in [2.05, 4.69) is 31.9 Å². The molecule has 0 aromatic heterocycles. The molecule has 0 aliphatic carbocycles. The van der Waals surface area contributed by atoms with E-state index in [0.29, 0.717) is 0 Å². The van der Waals surface area contributed by atoms with Crippen LogP contribution in [0.3, 0.4) is 0 Å². The number of hydrogen-bond donors (Lipinski definition) is 2. The Morgan fingerprint density at radius 2 is 1.00 bits per heavy atom. The molecule has 2 nitrogen and oxygen atoms in total. The highest BCUT2D eigenvalue weighted by Crippen LogP contribution is 2.22. The largest absolute Gasteiger partial charge is 0.389 e. The highest BCUT2D eigenvalue weighted by Gasteiger charge is 2.03. The summed E-state index contributed by atoms with van der Waals surface area (Å²) in [5.74, 6) is 0. The van der Waals surface area contributed by atoms with E-state index in [1.54, 1.807) is 13.8 Å². The van der Waals surface area contributed by atoms with Crippen LogP contribution in [0.2, 0.25) is 0 Å². The minimum Gasteiger partial charge on any atom is -0.389 e. The van der Waals surface area contributed by atoms with Crippen molar-refractivity contribution in [3.8, 4) is 0 Å². The van der Waals surface area contributed by atoms with Crippen molar-refractivity contribution in [3.05, 3.63) is 68.6 Å². The predicted octanol–water partition coefficient (Wildman–Crippen LogP) is 5.00. The van der Waals surface area contributed by atoms with Crippen LogP contribution in [0.15, 0.2) is 57.5 Å². The summed E-state index contributed by atoms with van der Waals surface area (Å²) in [6.07, 6.45) is -0.786. The summed E-state index contributed by atoms with van der Waals surface area (Å²) in [5.41, 5.74) is 1.87. The van der Waals surface area contributed by atoms with E-state index in [4.69, 9.17) is 0 Å². The second kappa shape index (κ2) is 8.57. The van der Waals surface area contributed by atoms with Crippen LogP contribution in [0, 0.1) is 0 Å². The van der Waals surface area contributed by atoms with Gasteiger partial charge in [0.25, 0.3) is 0 Å². The quantitative estimate of drug-likeness (QED) is 0.742. The van der Waals surface area contributed by atoms with Crippen LogP contribution < -0.4 is 0 Å². The van der Waals surface area contributed by atoms with Crippen molar-refractivity contribution in [3.63, 3.8) is 0 Å². The lowest BCUT2D eigenvalue weighted by Gasteiger charge is -2.05. The van der Waals surface area contributed by atoms with Gasteiger partial charge in [-0.05, 0) is 37.1 Å². The fourth-order valence-electron chi connectivity index (χ4n) is 1.63. The Bertz CT molecular complexity index is 490. The molecule has 2 rings (SSSR count). The standard InChI is InChI=1S/2C8H9BrO/c2*1-6(10)7-4-2-3-5-8(7)9/h2*2-6,10H,1H3/t2*6-/m11/s1. The summed E-state index contributed by atoms with van der Waals surface area (Å²) in [6.45, 7) is 3.50. The van der Waals surface area contributed by atoms with Crippen molar-refractivity contribution in [2.75, 3.05) is 0 Å². The molecular weight excluding hydrogens is 384 g/mol. The number of hydrogen-bond acceptors (Lipinski definition) is 2. The van der Waals surface area contributed by atoms with Crippen molar-refractivity contribution in [2.45, 2.75) is 26.1 Å². The van der Waals surface area contributed by atoms with E-state index in [-0.39, 0.29) is 0 Å². The lowest BCUT2D eigenvalue weighted by atomic mass is 10.1. The van der Waals surface area contributed by atoms with Gasteiger partial charge >= 0.3 is 0 Å². The van der Waals surface area contributed by atoms with Crippen LogP contribution in [-0.2, 0) is 0 Å². The Kier molecular flexibility index (Phi) is 7.45. The molecular formula is C16H18Br2O2. The van der Waals surface area contributed by atoms with Gasteiger partial charge in [-0.3, -0.25) is 0 Å². The average Bonchev–Trinajstić information content (AvgIpc) is 2.40. The normalized spacial score (nSPS) is 13.1. The Morgan fingerprint density at radius 3 is 1.20 bits per heavy atom. The zero-order valence-corrected chi connectivity index (χ0v) is 14.6. The summed E-state index contributed by atoms with van der Waals surface area (Å²) in [5, 5.41) is 18.3. The molecule has 20 heavy (non-hydrogen) atoms. The molecule has 0 saturated carbocycles. The van der Waals surface area contributed by atoms with Crippen LogP contribution in [-0.4, -0.2) is 10.2 Å². The van der Waals surface area contributed by atoms with E-state index in [0.717, 1.165) is 20.1 Å². The predicted molar refractivity (Wildman–Crippen MR) is 89.6 cm³/mol. The Morgan fingerprint density at radius 1 is 0.700 bits per heavy atom. The molecule has 2 aromatic rings. The van der Waals surface area contributed by atoms with Crippen LogP contribution >= 0.6 is 31.9 Å². The smallest absolute Gasteiger partial charge is 0.0772 e. The third-order valence-corrected chi connectivity index (χ3v) is 4.15. The molecule has 0 saturated heterocycles. The Hall–Kier alpha value is -0.680. The summed E-state index contributed by atoms with van der Waals surface area (Å²) in [6, 6.07) is 15.3. The monoisotopic (exact) mass is 400 g/mol. The summed E-state index contributed by atoms with van der Waals surface area (Å²) in [7, 11) is 0. The first-order valence-electron chi connectivity index (χ1n) is 6.28. The summed E-state index contributed by atoms with van der Waals surface area (Å²) < 4.78 is 1.93. The topological polar surface area (TPSA) is 40.5 Å². The highest BCUT2D eigenvalue weighted by molar-refractivity contribution is 9.10. The molecule has 0 aliphatic rings. The fraction of sp³-hybridized carbons (Fsp3) is 0.250. The molecule has 0 bridgehead atoms. The zero-order chi connectivity index (χ0) is 15.1. The first kappa shape index (κ1) is 17.4. The zero-order valence-electron chi connectivity index (χ0n) is 11.4. The van der Waals surface area contributed by atoms with Crippen LogP contribution in [0.25, 0.3) is 0 Å². The minimum atomic E-state index is -0.393. The molecule has 0 spiro atoms. The minimum absolute atomic E-state index is 0.393. The lowest BCUT2D eigenvalue weighted by Crippen LogP contribution is -1.90. The molecule has 0 radical (unpaired) electrons. The molecule has 2 N–H and O–H groups in total. The molecule has 2 aromatic carbocycles. The molecule has 0 heterocycles. The van der Waals surface area contributed by atoms with Gasteiger partial charge in [0.15, 0.2) is 0 Å². The van der Waals surface area contributed by atoms with Crippen molar-refractivity contribution >= 4 is 31.9 Å². The van der Waals surface area contributed by atoms with Gasteiger partial charge in [0.2, 0.25) is 0 Å². The van der Waals surface area contributed by atoms with Gasteiger partial charge < -0.3 is 10.2 Å². The Balaban J connectivity index is 0.000000200. The van der Waals surface area contributed by atoms with E-state index in [9.17, 15) is 10.2 Å². The third-order valence-electron chi connectivity index (χ3n) is 2.71. The first-order chi connectivity index (χ1) is 9.43. The van der Waals surface area contributed by atoms with Crippen molar-refractivity contribution < 1.29 is 10.2 Å². The summed E-state index contributed by atoms with van der Waals surface area (Å²) in [4.78, 5) is 0. The average molecular weight is 402 g/mol. The van der Waals surface area contributed by atoms with E-state index in [1.807, 2.05) is 48.5 Å².